The Hall–Kier alpha value is -0.0800. The molecule has 0 spiro atoms. The average Bonchev–Trinajstić information content (AvgIpc) is 2.71. The maximum atomic E-state index is 5.48. The van der Waals surface area contributed by atoms with Gasteiger partial charge in [-0.15, -0.1) is 0 Å². The molecule has 0 radical (unpaired) electrons. The molecule has 0 aliphatic carbocycles. The first kappa shape index (κ1) is 12.0. The van der Waals surface area contributed by atoms with Gasteiger partial charge in [0, 0.05) is 18.6 Å². The number of hydrogen-bond acceptors (Lipinski definition) is 2. The highest BCUT2D eigenvalue weighted by atomic mass is 16.5. The van der Waals surface area contributed by atoms with Crippen LogP contribution in [0.5, 0.6) is 0 Å². The van der Waals surface area contributed by atoms with Crippen LogP contribution in [0.25, 0.3) is 0 Å². The number of nitrogens with one attached hydrogen (secondary N) is 1. The second-order valence-electron chi connectivity index (χ2n) is 4.28. The highest BCUT2D eigenvalue weighted by Gasteiger charge is 2.29. The van der Waals surface area contributed by atoms with Crippen LogP contribution in [0.4, 0.5) is 0 Å². The first-order chi connectivity index (χ1) is 6.83. The molecule has 1 rings (SSSR count). The highest BCUT2D eigenvalue weighted by Crippen LogP contribution is 2.25. The monoisotopic (exact) mass is 199 g/mol. The van der Waals surface area contributed by atoms with Gasteiger partial charge >= 0.3 is 0 Å². The lowest BCUT2D eigenvalue weighted by Crippen LogP contribution is -2.42. The van der Waals surface area contributed by atoms with Gasteiger partial charge in [0.15, 0.2) is 0 Å². The average molecular weight is 199 g/mol. The van der Waals surface area contributed by atoms with Crippen molar-refractivity contribution in [3.05, 3.63) is 0 Å². The molecule has 1 aliphatic heterocycles. The lowest BCUT2D eigenvalue weighted by molar-refractivity contribution is 0.162. The Morgan fingerprint density at radius 3 is 2.43 bits per heavy atom. The molecular weight excluding hydrogens is 174 g/mol. The third-order valence-electron chi connectivity index (χ3n) is 3.47. The third-order valence-corrected chi connectivity index (χ3v) is 3.47. The molecule has 14 heavy (non-hydrogen) atoms. The Kier molecular flexibility index (Phi) is 5.49. The first-order valence-corrected chi connectivity index (χ1v) is 6.14. The molecule has 2 unspecified atom stereocenters. The van der Waals surface area contributed by atoms with E-state index in [0.717, 1.165) is 31.6 Å². The van der Waals surface area contributed by atoms with Crippen molar-refractivity contribution < 1.29 is 4.74 Å². The maximum absolute atomic E-state index is 5.48. The van der Waals surface area contributed by atoms with Crippen molar-refractivity contribution in [3.63, 3.8) is 0 Å². The van der Waals surface area contributed by atoms with Crippen molar-refractivity contribution in [1.29, 1.82) is 0 Å². The quantitative estimate of drug-likeness (QED) is 0.709. The van der Waals surface area contributed by atoms with E-state index in [2.05, 4.69) is 26.1 Å². The van der Waals surface area contributed by atoms with E-state index in [1.165, 1.54) is 19.3 Å². The van der Waals surface area contributed by atoms with Crippen LogP contribution in [0.1, 0.15) is 40.0 Å². The Morgan fingerprint density at radius 2 is 2.00 bits per heavy atom. The molecule has 2 heteroatoms. The molecule has 2 nitrogen and oxygen atoms in total. The Bertz CT molecular complexity index is 137. The van der Waals surface area contributed by atoms with Gasteiger partial charge in [-0.05, 0) is 18.9 Å². The van der Waals surface area contributed by atoms with E-state index in [1.807, 2.05) is 0 Å². The number of ether oxygens (including phenoxy) is 1. The molecule has 84 valence electrons. The lowest BCUT2D eigenvalue weighted by atomic mass is 9.84. The van der Waals surface area contributed by atoms with Gasteiger partial charge in [0.1, 0.15) is 0 Å². The maximum Gasteiger partial charge on any atom is 0.0510 e. The van der Waals surface area contributed by atoms with E-state index in [9.17, 15) is 0 Å². The molecule has 1 N–H and O–H groups in total. The van der Waals surface area contributed by atoms with Crippen LogP contribution in [0.2, 0.25) is 0 Å². The van der Waals surface area contributed by atoms with E-state index >= 15 is 0 Å². The topological polar surface area (TPSA) is 21.3 Å². The van der Waals surface area contributed by atoms with Gasteiger partial charge < -0.3 is 10.1 Å². The summed E-state index contributed by atoms with van der Waals surface area (Å²) in [6.45, 7) is 9.81. The summed E-state index contributed by atoms with van der Waals surface area (Å²) in [6, 6.07) is 0.678. The van der Waals surface area contributed by atoms with Crippen LogP contribution in [0, 0.1) is 11.8 Å². The Balaban J connectivity index is 2.51. The zero-order valence-electron chi connectivity index (χ0n) is 9.88. The lowest BCUT2D eigenvalue weighted by Gasteiger charge is -2.30. The molecule has 0 aromatic rings. The van der Waals surface area contributed by atoms with E-state index in [-0.39, 0.29) is 0 Å². The summed E-state index contributed by atoms with van der Waals surface area (Å²) in [5.74, 6) is 1.57. The predicted octanol–water partition coefficient (Wildman–Crippen LogP) is 2.44. The van der Waals surface area contributed by atoms with Gasteiger partial charge in [-0.25, -0.2) is 0 Å². The fourth-order valence-electron chi connectivity index (χ4n) is 2.59. The fourth-order valence-corrected chi connectivity index (χ4v) is 2.59. The van der Waals surface area contributed by atoms with Gasteiger partial charge in [0.25, 0.3) is 0 Å². The number of rotatable bonds is 6. The van der Waals surface area contributed by atoms with Gasteiger partial charge in [-0.3, -0.25) is 0 Å². The van der Waals surface area contributed by atoms with E-state index in [4.69, 9.17) is 4.74 Å². The normalized spacial score (nSPS) is 24.4. The minimum absolute atomic E-state index is 0.678. The smallest absolute Gasteiger partial charge is 0.0510 e. The molecule has 0 amide bonds. The van der Waals surface area contributed by atoms with Crippen molar-refractivity contribution in [2.45, 2.75) is 46.1 Å². The fraction of sp³-hybridized carbons (Fsp3) is 1.00. The molecule has 1 aliphatic rings. The molecule has 0 aromatic heterocycles. The third kappa shape index (κ3) is 2.96. The van der Waals surface area contributed by atoms with Gasteiger partial charge in [0.2, 0.25) is 0 Å². The van der Waals surface area contributed by atoms with Crippen molar-refractivity contribution in [1.82, 2.24) is 5.32 Å². The van der Waals surface area contributed by atoms with Crippen molar-refractivity contribution in [2.75, 3.05) is 19.8 Å². The largest absolute Gasteiger partial charge is 0.381 e. The Labute approximate surface area is 88.4 Å². The molecule has 0 saturated carbocycles. The zero-order chi connectivity index (χ0) is 10.4. The SMILES string of the molecule is CCNC(C(CC)CC)C1CCOC1. The second kappa shape index (κ2) is 6.41. The summed E-state index contributed by atoms with van der Waals surface area (Å²) in [5, 5.41) is 3.65. The summed E-state index contributed by atoms with van der Waals surface area (Å²) in [7, 11) is 0. The predicted molar refractivity (Wildman–Crippen MR) is 60.5 cm³/mol. The minimum Gasteiger partial charge on any atom is -0.381 e. The minimum atomic E-state index is 0.678. The van der Waals surface area contributed by atoms with E-state index in [1.54, 1.807) is 0 Å². The highest BCUT2D eigenvalue weighted by molar-refractivity contribution is 4.83. The van der Waals surface area contributed by atoms with E-state index in [0.29, 0.717) is 6.04 Å². The first-order valence-electron chi connectivity index (χ1n) is 6.14. The summed E-state index contributed by atoms with van der Waals surface area (Å²) in [6.07, 6.45) is 3.81. The summed E-state index contributed by atoms with van der Waals surface area (Å²) in [5.41, 5.74) is 0. The van der Waals surface area contributed by atoms with Crippen molar-refractivity contribution >= 4 is 0 Å². The molecule has 2 atom stereocenters. The molecular formula is C12H25NO. The van der Waals surface area contributed by atoms with Crippen LogP contribution in [0.15, 0.2) is 0 Å². The van der Waals surface area contributed by atoms with E-state index < -0.39 is 0 Å². The van der Waals surface area contributed by atoms with Crippen LogP contribution < -0.4 is 5.32 Å². The zero-order valence-corrected chi connectivity index (χ0v) is 9.88. The Morgan fingerprint density at radius 1 is 1.29 bits per heavy atom. The molecule has 0 bridgehead atoms. The van der Waals surface area contributed by atoms with Gasteiger partial charge in [-0.2, -0.15) is 0 Å². The van der Waals surface area contributed by atoms with Crippen LogP contribution in [-0.2, 0) is 4.74 Å². The second-order valence-corrected chi connectivity index (χ2v) is 4.28. The standard InChI is InChI=1S/C12H25NO/c1-4-10(5-2)12(13-6-3)11-7-8-14-9-11/h10-13H,4-9H2,1-3H3. The summed E-state index contributed by atoms with van der Waals surface area (Å²) < 4.78 is 5.48. The summed E-state index contributed by atoms with van der Waals surface area (Å²) >= 11 is 0. The van der Waals surface area contributed by atoms with Crippen molar-refractivity contribution in [3.8, 4) is 0 Å². The molecule has 1 saturated heterocycles. The molecule has 1 fully saturated rings. The van der Waals surface area contributed by atoms with Crippen LogP contribution in [-0.4, -0.2) is 25.8 Å². The molecule has 1 heterocycles. The van der Waals surface area contributed by atoms with Crippen molar-refractivity contribution in [2.24, 2.45) is 11.8 Å². The molecule has 0 aromatic carbocycles. The van der Waals surface area contributed by atoms with Crippen LogP contribution >= 0.6 is 0 Å². The summed E-state index contributed by atoms with van der Waals surface area (Å²) in [4.78, 5) is 0. The van der Waals surface area contributed by atoms with Crippen LogP contribution in [0.3, 0.4) is 0 Å². The van der Waals surface area contributed by atoms with Gasteiger partial charge in [-0.1, -0.05) is 33.6 Å². The van der Waals surface area contributed by atoms with Gasteiger partial charge in [0.05, 0.1) is 6.61 Å². The number of hydrogen-bond donors (Lipinski definition) is 1.